The summed E-state index contributed by atoms with van der Waals surface area (Å²) in [6.07, 6.45) is -0.792. The minimum Gasteiger partial charge on any atom is -0.454 e. The van der Waals surface area contributed by atoms with Crippen LogP contribution in [0.25, 0.3) is 5.53 Å². The molecule has 0 aliphatic carbocycles. The second-order valence-corrected chi connectivity index (χ2v) is 8.18. The van der Waals surface area contributed by atoms with Crippen molar-refractivity contribution in [2.45, 2.75) is 58.8 Å². The summed E-state index contributed by atoms with van der Waals surface area (Å²) in [5.74, 6) is 0.0863. The Balaban J connectivity index is 2.39. The van der Waals surface area contributed by atoms with Crippen LogP contribution in [0.15, 0.2) is 18.2 Å². The highest BCUT2D eigenvalue weighted by atomic mass is 16.7. The first-order valence-electron chi connectivity index (χ1n) is 8.74. The number of alkyl carbamates (subject to hydrolysis) is 1. The zero-order valence-corrected chi connectivity index (χ0v) is 16.9. The van der Waals surface area contributed by atoms with Crippen LogP contribution in [0, 0.1) is 0 Å². The Kier molecular flexibility index (Phi) is 5.99. The molecule has 0 saturated heterocycles. The maximum Gasteiger partial charge on any atom is 0.420 e. The van der Waals surface area contributed by atoms with Crippen molar-refractivity contribution >= 4 is 17.8 Å². The van der Waals surface area contributed by atoms with Crippen LogP contribution in [0.3, 0.4) is 0 Å². The highest BCUT2D eigenvalue weighted by molar-refractivity contribution is 6.36. The molecule has 0 aromatic heterocycles. The Hall–Kier alpha value is -3.06. The van der Waals surface area contributed by atoms with Gasteiger partial charge in [0.05, 0.1) is 0 Å². The van der Waals surface area contributed by atoms with Crippen LogP contribution in [0.1, 0.15) is 53.1 Å². The van der Waals surface area contributed by atoms with E-state index in [-0.39, 0.29) is 6.79 Å². The molecule has 1 aliphatic heterocycles. The molecule has 9 heteroatoms. The molecule has 2 rings (SSSR count). The van der Waals surface area contributed by atoms with Crippen LogP contribution in [0.4, 0.5) is 4.79 Å². The molecule has 0 radical (unpaired) electrons. The van der Waals surface area contributed by atoms with Crippen molar-refractivity contribution in [2.75, 3.05) is 6.79 Å². The lowest BCUT2D eigenvalue weighted by atomic mass is 10.0. The molecule has 0 unspecified atom stereocenters. The van der Waals surface area contributed by atoms with Crippen LogP contribution < -0.4 is 14.8 Å². The third-order valence-electron chi connectivity index (χ3n) is 3.38. The Bertz CT molecular complexity index is 816. The summed E-state index contributed by atoms with van der Waals surface area (Å²) in [5, 5.41) is 2.55. The maximum absolute atomic E-state index is 12.5. The fourth-order valence-electron chi connectivity index (χ4n) is 2.37. The van der Waals surface area contributed by atoms with Gasteiger partial charge in [-0.05, 0) is 59.2 Å². The molecule has 0 spiro atoms. The standard InChI is InChI=1S/C19H25N3O6/c1-18(2,3)27-16(23)15(22-20)14(21-17(24)28-19(4,5)6)11-7-8-12-13(9-11)26-10-25-12/h7-9,14H,10H2,1-6H3,(H,21,24)/t14-/m1/s1. The van der Waals surface area contributed by atoms with Crippen molar-refractivity contribution in [3.05, 3.63) is 29.3 Å². The molecular weight excluding hydrogens is 366 g/mol. The predicted molar refractivity (Wildman–Crippen MR) is 99.1 cm³/mol. The van der Waals surface area contributed by atoms with Crippen molar-refractivity contribution in [1.29, 1.82) is 0 Å². The quantitative estimate of drug-likeness (QED) is 0.365. The van der Waals surface area contributed by atoms with Crippen molar-refractivity contribution in [3.63, 3.8) is 0 Å². The van der Waals surface area contributed by atoms with Gasteiger partial charge in [-0.25, -0.2) is 9.59 Å². The van der Waals surface area contributed by atoms with Gasteiger partial charge in [-0.2, -0.15) is 4.79 Å². The number of amides is 1. The second kappa shape index (κ2) is 7.90. The van der Waals surface area contributed by atoms with Gasteiger partial charge in [0.15, 0.2) is 17.5 Å². The van der Waals surface area contributed by atoms with E-state index in [9.17, 15) is 15.1 Å². The van der Waals surface area contributed by atoms with E-state index in [1.54, 1.807) is 59.7 Å². The Morgan fingerprint density at radius 2 is 1.68 bits per heavy atom. The molecule has 1 N–H and O–H groups in total. The molecule has 1 amide bonds. The van der Waals surface area contributed by atoms with E-state index < -0.39 is 35.0 Å². The normalized spacial score (nSPS) is 13.9. The van der Waals surface area contributed by atoms with E-state index in [2.05, 4.69) is 10.1 Å². The molecule has 1 aliphatic rings. The molecular formula is C19H25N3O6. The van der Waals surface area contributed by atoms with E-state index in [4.69, 9.17) is 18.9 Å². The van der Waals surface area contributed by atoms with E-state index in [0.29, 0.717) is 17.1 Å². The lowest BCUT2D eigenvalue weighted by Gasteiger charge is -2.23. The number of hydrogen-bond acceptors (Lipinski definition) is 6. The average molecular weight is 391 g/mol. The van der Waals surface area contributed by atoms with Gasteiger partial charge in [0.25, 0.3) is 0 Å². The first kappa shape index (κ1) is 21.2. The molecule has 1 atom stereocenters. The van der Waals surface area contributed by atoms with Crippen LogP contribution in [-0.4, -0.2) is 40.6 Å². The zero-order chi connectivity index (χ0) is 21.1. The van der Waals surface area contributed by atoms with Crippen molar-refractivity contribution < 1.29 is 33.3 Å². The number of ether oxygens (including phenoxy) is 4. The van der Waals surface area contributed by atoms with E-state index in [1.165, 1.54) is 0 Å². The first-order valence-corrected chi connectivity index (χ1v) is 8.74. The molecule has 0 fully saturated rings. The number of nitrogens with zero attached hydrogens (tertiary/aromatic N) is 2. The number of nitrogens with one attached hydrogen (secondary N) is 1. The fraction of sp³-hybridized carbons (Fsp3) is 0.526. The number of rotatable bonds is 4. The van der Waals surface area contributed by atoms with Crippen LogP contribution >= 0.6 is 0 Å². The molecule has 9 nitrogen and oxygen atoms in total. The van der Waals surface area contributed by atoms with Gasteiger partial charge in [0, 0.05) is 0 Å². The zero-order valence-electron chi connectivity index (χ0n) is 16.9. The molecule has 0 saturated carbocycles. The van der Waals surface area contributed by atoms with Crippen LogP contribution in [-0.2, 0) is 14.3 Å². The molecule has 152 valence electrons. The topological polar surface area (TPSA) is 119 Å². The summed E-state index contributed by atoms with van der Waals surface area (Å²) in [4.78, 5) is 28.0. The lowest BCUT2D eigenvalue weighted by molar-refractivity contribution is -0.151. The van der Waals surface area contributed by atoms with Gasteiger partial charge in [0.2, 0.25) is 6.79 Å². The van der Waals surface area contributed by atoms with Crippen molar-refractivity contribution in [3.8, 4) is 11.5 Å². The first-order chi connectivity index (χ1) is 12.9. The number of benzene rings is 1. The number of fused-ring (bicyclic) bond motifs is 1. The second-order valence-electron chi connectivity index (χ2n) is 8.18. The fourth-order valence-corrected chi connectivity index (χ4v) is 2.37. The summed E-state index contributed by atoms with van der Waals surface area (Å²) in [6.45, 7) is 10.2. The average Bonchev–Trinajstić information content (AvgIpc) is 2.98. The minimum atomic E-state index is -1.14. The Morgan fingerprint density at radius 3 is 2.25 bits per heavy atom. The van der Waals surface area contributed by atoms with Crippen molar-refractivity contribution in [1.82, 2.24) is 5.32 Å². The summed E-state index contributed by atoms with van der Waals surface area (Å²) < 4.78 is 21.2. The van der Waals surface area contributed by atoms with Gasteiger partial charge in [-0.1, -0.05) is 6.07 Å². The monoisotopic (exact) mass is 391 g/mol. The number of hydrogen-bond donors (Lipinski definition) is 1. The van der Waals surface area contributed by atoms with E-state index >= 15 is 0 Å². The maximum atomic E-state index is 12.5. The third kappa shape index (κ3) is 5.72. The number of esters is 1. The summed E-state index contributed by atoms with van der Waals surface area (Å²) in [5.41, 5.74) is 7.95. The lowest BCUT2D eigenvalue weighted by Crippen LogP contribution is -2.42. The summed E-state index contributed by atoms with van der Waals surface area (Å²) in [7, 11) is 0. The molecule has 1 heterocycles. The minimum absolute atomic E-state index is 0.0654. The third-order valence-corrected chi connectivity index (χ3v) is 3.38. The van der Waals surface area contributed by atoms with Gasteiger partial charge < -0.3 is 29.8 Å². The molecule has 28 heavy (non-hydrogen) atoms. The SMILES string of the molecule is CC(C)(C)OC(=O)N[C@@H](C(=[N+]=[N-])C(=O)OC(C)(C)C)c1ccc2c(c1)OCO2. The van der Waals surface area contributed by atoms with Gasteiger partial charge in [-0.3, -0.25) is 0 Å². The van der Waals surface area contributed by atoms with Crippen LogP contribution in [0.2, 0.25) is 0 Å². The largest absolute Gasteiger partial charge is 0.454 e. The van der Waals surface area contributed by atoms with Crippen LogP contribution in [0.5, 0.6) is 11.5 Å². The van der Waals surface area contributed by atoms with Crippen molar-refractivity contribution in [2.24, 2.45) is 0 Å². The van der Waals surface area contributed by atoms with Gasteiger partial charge in [0.1, 0.15) is 11.2 Å². The molecule has 1 aromatic rings. The highest BCUT2D eigenvalue weighted by Gasteiger charge is 2.39. The predicted octanol–water partition coefficient (Wildman–Crippen LogP) is 2.99. The van der Waals surface area contributed by atoms with E-state index in [1.807, 2.05) is 0 Å². The summed E-state index contributed by atoms with van der Waals surface area (Å²) in [6, 6.07) is 3.69. The van der Waals surface area contributed by atoms with Gasteiger partial charge in [-0.15, -0.1) is 0 Å². The molecule has 0 bridgehead atoms. The Labute approximate surface area is 163 Å². The van der Waals surface area contributed by atoms with E-state index in [0.717, 1.165) is 0 Å². The molecule has 1 aromatic carbocycles. The smallest absolute Gasteiger partial charge is 0.420 e. The number of carbonyl (C=O) groups is 2. The number of carbonyl (C=O) groups excluding carboxylic acids is 2. The summed E-state index contributed by atoms with van der Waals surface area (Å²) >= 11 is 0. The van der Waals surface area contributed by atoms with Gasteiger partial charge >= 0.3 is 17.8 Å². The Morgan fingerprint density at radius 1 is 1.07 bits per heavy atom. The highest BCUT2D eigenvalue weighted by Crippen LogP contribution is 2.34.